The molecule has 5 rings (SSSR count). The number of carbonyl (C=O) groups is 2. The van der Waals surface area contributed by atoms with Crippen LogP contribution in [0.5, 0.6) is 0 Å². The van der Waals surface area contributed by atoms with E-state index in [1.807, 2.05) is 49.4 Å². The molecule has 0 saturated carbocycles. The van der Waals surface area contributed by atoms with E-state index in [1.54, 1.807) is 4.90 Å². The lowest BCUT2D eigenvalue weighted by atomic mass is 9.63. The number of aryl methyl sites for hydroxylation is 2. The SMILES string of the molecule is CCc1ccc(N2C(N)=C(C#N)C3(C(=O)Nc4ccc(C)cc43)C3=C2CCCC3=O)cc1. The molecule has 2 aromatic carbocycles. The highest BCUT2D eigenvalue weighted by molar-refractivity contribution is 6.19. The molecule has 3 N–H and O–H groups in total. The molecular weight excluding hydrogens is 400 g/mol. The van der Waals surface area contributed by atoms with E-state index in [2.05, 4.69) is 18.3 Å². The predicted octanol–water partition coefficient (Wildman–Crippen LogP) is 3.97. The Morgan fingerprint density at radius 3 is 2.59 bits per heavy atom. The van der Waals surface area contributed by atoms with Gasteiger partial charge in [0.05, 0.1) is 5.57 Å². The van der Waals surface area contributed by atoms with Gasteiger partial charge in [-0.3, -0.25) is 14.5 Å². The van der Waals surface area contributed by atoms with Gasteiger partial charge >= 0.3 is 0 Å². The van der Waals surface area contributed by atoms with Crippen LogP contribution in [0.25, 0.3) is 0 Å². The quantitative estimate of drug-likeness (QED) is 0.760. The van der Waals surface area contributed by atoms with Crippen LogP contribution in [0.4, 0.5) is 11.4 Å². The molecule has 0 fully saturated rings. The Morgan fingerprint density at radius 1 is 1.16 bits per heavy atom. The normalized spacial score (nSPS) is 22.1. The van der Waals surface area contributed by atoms with Crippen molar-refractivity contribution in [3.8, 4) is 6.07 Å². The van der Waals surface area contributed by atoms with Gasteiger partial charge < -0.3 is 11.1 Å². The Morgan fingerprint density at radius 2 is 1.91 bits per heavy atom. The number of ketones is 1. The second kappa shape index (κ2) is 7.10. The number of rotatable bonds is 2. The van der Waals surface area contributed by atoms with E-state index in [0.717, 1.165) is 17.7 Å². The van der Waals surface area contributed by atoms with Crippen molar-refractivity contribution in [2.75, 3.05) is 10.2 Å². The molecule has 6 nitrogen and oxygen atoms in total. The average molecular weight is 425 g/mol. The second-order valence-electron chi connectivity index (χ2n) is 8.58. The van der Waals surface area contributed by atoms with Gasteiger partial charge in [0.15, 0.2) is 5.78 Å². The lowest BCUT2D eigenvalue weighted by Crippen LogP contribution is -2.50. The predicted molar refractivity (Wildman–Crippen MR) is 122 cm³/mol. The number of anilines is 2. The number of nitrogens with one attached hydrogen (secondary N) is 1. The van der Waals surface area contributed by atoms with Gasteiger partial charge in [-0.15, -0.1) is 0 Å². The van der Waals surface area contributed by atoms with Crippen molar-refractivity contribution in [1.29, 1.82) is 5.26 Å². The fourth-order valence-electron chi connectivity index (χ4n) is 5.28. The van der Waals surface area contributed by atoms with Gasteiger partial charge in [-0.25, -0.2) is 0 Å². The summed E-state index contributed by atoms with van der Waals surface area (Å²) in [5, 5.41) is 13.2. The molecule has 0 bridgehead atoms. The summed E-state index contributed by atoms with van der Waals surface area (Å²) < 4.78 is 0. The molecule has 6 heteroatoms. The van der Waals surface area contributed by atoms with Crippen LogP contribution < -0.4 is 16.0 Å². The first-order valence-corrected chi connectivity index (χ1v) is 10.9. The third-order valence-corrected chi connectivity index (χ3v) is 6.78. The van der Waals surface area contributed by atoms with Crippen molar-refractivity contribution >= 4 is 23.1 Å². The third-order valence-electron chi connectivity index (χ3n) is 6.78. The Balaban J connectivity index is 1.85. The zero-order valence-electron chi connectivity index (χ0n) is 18.2. The minimum absolute atomic E-state index is 0.105. The summed E-state index contributed by atoms with van der Waals surface area (Å²) in [6.45, 7) is 4.01. The number of amides is 1. The first kappa shape index (κ1) is 20.1. The van der Waals surface area contributed by atoms with Crippen LogP contribution >= 0.6 is 0 Å². The molecule has 32 heavy (non-hydrogen) atoms. The van der Waals surface area contributed by atoms with E-state index in [4.69, 9.17) is 5.73 Å². The fraction of sp³-hybridized carbons (Fsp3) is 0.269. The van der Waals surface area contributed by atoms with Gasteiger partial charge in [-0.05, 0) is 49.9 Å². The van der Waals surface area contributed by atoms with Crippen molar-refractivity contribution in [2.45, 2.75) is 44.9 Å². The van der Waals surface area contributed by atoms with E-state index >= 15 is 0 Å². The van der Waals surface area contributed by atoms with E-state index in [9.17, 15) is 14.9 Å². The number of carbonyl (C=O) groups excluding carboxylic acids is 2. The summed E-state index contributed by atoms with van der Waals surface area (Å²) in [5.74, 6) is -0.290. The van der Waals surface area contributed by atoms with Crippen LogP contribution in [0.3, 0.4) is 0 Å². The summed E-state index contributed by atoms with van der Waals surface area (Å²) in [7, 11) is 0. The zero-order chi connectivity index (χ0) is 22.6. The van der Waals surface area contributed by atoms with E-state index in [-0.39, 0.29) is 23.1 Å². The summed E-state index contributed by atoms with van der Waals surface area (Å²) in [4.78, 5) is 28.8. The average Bonchev–Trinajstić information content (AvgIpc) is 3.06. The van der Waals surface area contributed by atoms with Gasteiger partial charge in [0.1, 0.15) is 17.3 Å². The number of hydrogen-bond donors (Lipinski definition) is 2. The molecular formula is C26H24N4O2. The number of nitrogens with two attached hydrogens (primary N) is 1. The van der Waals surface area contributed by atoms with Crippen molar-refractivity contribution < 1.29 is 9.59 Å². The van der Waals surface area contributed by atoms with Gasteiger partial charge in [0.25, 0.3) is 0 Å². The van der Waals surface area contributed by atoms with Crippen molar-refractivity contribution in [2.24, 2.45) is 5.73 Å². The Labute approximate surface area is 187 Å². The minimum atomic E-state index is -1.51. The number of Topliss-reactive ketones (excluding diaryl/α,β-unsaturated/α-hetero) is 1. The first-order chi connectivity index (χ1) is 15.4. The Bertz CT molecular complexity index is 1280. The highest BCUT2D eigenvalue weighted by Crippen LogP contribution is 2.55. The van der Waals surface area contributed by atoms with E-state index < -0.39 is 5.41 Å². The molecule has 3 aliphatic rings. The van der Waals surface area contributed by atoms with Gasteiger partial charge in [0.2, 0.25) is 5.91 Å². The molecule has 2 aliphatic heterocycles. The topological polar surface area (TPSA) is 99.2 Å². The van der Waals surface area contributed by atoms with E-state index in [1.165, 1.54) is 5.56 Å². The molecule has 0 saturated heterocycles. The lowest BCUT2D eigenvalue weighted by Gasteiger charge is -2.43. The maximum atomic E-state index is 13.6. The largest absolute Gasteiger partial charge is 0.384 e. The molecule has 1 unspecified atom stereocenters. The highest BCUT2D eigenvalue weighted by Gasteiger charge is 2.60. The summed E-state index contributed by atoms with van der Waals surface area (Å²) in [6.07, 6.45) is 2.53. The molecule has 160 valence electrons. The molecule has 2 aromatic rings. The standard InChI is InChI=1S/C26H24N4O2/c1-3-16-8-10-17(11-9-16)30-21-5-4-6-22(31)23(21)26(19(14-27)24(30)28)18-13-15(2)7-12-20(18)29-25(26)32/h7-13H,3-6,28H2,1-2H3,(H,29,32). The fourth-order valence-corrected chi connectivity index (χ4v) is 5.28. The monoisotopic (exact) mass is 424 g/mol. The molecule has 1 spiro atoms. The lowest BCUT2D eigenvalue weighted by molar-refractivity contribution is -0.122. The highest BCUT2D eigenvalue weighted by atomic mass is 16.2. The van der Waals surface area contributed by atoms with Crippen LogP contribution in [0, 0.1) is 18.3 Å². The van der Waals surface area contributed by atoms with E-state index in [0.29, 0.717) is 41.8 Å². The van der Waals surface area contributed by atoms with Gasteiger partial charge in [0, 0.05) is 34.6 Å². The molecule has 0 aromatic heterocycles. The maximum absolute atomic E-state index is 13.6. The summed E-state index contributed by atoms with van der Waals surface area (Å²) in [6, 6.07) is 15.8. The van der Waals surface area contributed by atoms with Crippen LogP contribution in [0.2, 0.25) is 0 Å². The van der Waals surface area contributed by atoms with Crippen LogP contribution in [-0.4, -0.2) is 11.7 Å². The summed E-state index contributed by atoms with van der Waals surface area (Å²) >= 11 is 0. The third kappa shape index (κ3) is 2.51. The summed E-state index contributed by atoms with van der Waals surface area (Å²) in [5.41, 5.74) is 10.5. The van der Waals surface area contributed by atoms with Gasteiger partial charge in [-0.2, -0.15) is 5.26 Å². The Kier molecular flexibility index (Phi) is 4.45. The number of benzene rings is 2. The molecule has 0 radical (unpaired) electrons. The van der Waals surface area contributed by atoms with Crippen LogP contribution in [0.1, 0.15) is 42.9 Å². The Hall–Kier alpha value is -3.85. The minimum Gasteiger partial charge on any atom is -0.384 e. The molecule has 1 aliphatic carbocycles. The number of allylic oxidation sites excluding steroid dienone is 1. The van der Waals surface area contributed by atoms with Crippen LogP contribution in [0.15, 0.2) is 65.1 Å². The second-order valence-corrected chi connectivity index (χ2v) is 8.58. The zero-order valence-corrected chi connectivity index (χ0v) is 18.2. The molecule has 1 amide bonds. The number of nitrogens with zero attached hydrogens (tertiary/aromatic N) is 2. The number of fused-ring (bicyclic) bond motifs is 3. The smallest absolute Gasteiger partial charge is 0.245 e. The van der Waals surface area contributed by atoms with Gasteiger partial charge in [-0.1, -0.05) is 36.8 Å². The number of nitriles is 1. The van der Waals surface area contributed by atoms with Crippen molar-refractivity contribution in [3.05, 3.63) is 81.8 Å². The molecule has 2 heterocycles. The number of hydrogen-bond acceptors (Lipinski definition) is 5. The van der Waals surface area contributed by atoms with Crippen molar-refractivity contribution in [1.82, 2.24) is 0 Å². The van der Waals surface area contributed by atoms with Crippen LogP contribution in [-0.2, 0) is 21.4 Å². The van der Waals surface area contributed by atoms with Crippen molar-refractivity contribution in [3.63, 3.8) is 0 Å². The first-order valence-electron chi connectivity index (χ1n) is 10.9. The maximum Gasteiger partial charge on any atom is 0.245 e. The molecule has 1 atom stereocenters.